The molecule has 0 aliphatic carbocycles. The molecule has 0 saturated carbocycles. The predicted octanol–water partition coefficient (Wildman–Crippen LogP) is 3.06. The zero-order valence-electron chi connectivity index (χ0n) is 11.0. The third-order valence-electron chi connectivity index (χ3n) is 3.46. The van der Waals surface area contributed by atoms with Gasteiger partial charge in [0.1, 0.15) is 0 Å². The Morgan fingerprint density at radius 3 is 2.40 bits per heavy atom. The lowest BCUT2D eigenvalue weighted by Crippen LogP contribution is -2.41. The monoisotopic (exact) mass is 296 g/mol. The lowest BCUT2D eigenvalue weighted by molar-refractivity contribution is -0.138. The fourth-order valence-electron chi connectivity index (χ4n) is 2.32. The van der Waals surface area contributed by atoms with Gasteiger partial charge in [0.15, 0.2) is 0 Å². The number of aliphatic carboxylic acids is 1. The van der Waals surface area contributed by atoms with Crippen molar-refractivity contribution >= 4 is 29.3 Å². The second-order valence-electron chi connectivity index (χ2n) is 4.97. The number of nitrogens with one attached hydrogen (secondary N) is 1. The van der Waals surface area contributed by atoms with Crippen LogP contribution in [0.1, 0.15) is 19.3 Å². The van der Waals surface area contributed by atoms with Crippen molar-refractivity contribution < 1.29 is 14.7 Å². The summed E-state index contributed by atoms with van der Waals surface area (Å²) in [7, 11) is 0. The fourth-order valence-corrected chi connectivity index (χ4v) is 2.45. The minimum Gasteiger partial charge on any atom is -0.481 e. The molecule has 0 radical (unpaired) electrons. The molecule has 1 aromatic rings. The summed E-state index contributed by atoms with van der Waals surface area (Å²) in [6, 6.07) is 6.78. The summed E-state index contributed by atoms with van der Waals surface area (Å²) in [6.07, 6.45) is 1.66. The summed E-state index contributed by atoms with van der Waals surface area (Å²) in [4.78, 5) is 24.4. The van der Waals surface area contributed by atoms with Gasteiger partial charge in [0.2, 0.25) is 0 Å². The maximum atomic E-state index is 12.0. The SMILES string of the molecule is O=C(O)CC1CCN(C(=O)Nc2ccc(Cl)cc2)CC1. The Bertz CT molecular complexity index is 482. The number of piperidine rings is 1. The van der Waals surface area contributed by atoms with Crippen LogP contribution in [0.3, 0.4) is 0 Å². The number of carbonyl (C=O) groups is 2. The highest BCUT2D eigenvalue weighted by Crippen LogP contribution is 2.21. The van der Waals surface area contributed by atoms with Crippen molar-refractivity contribution in [3.63, 3.8) is 0 Å². The lowest BCUT2D eigenvalue weighted by atomic mass is 9.94. The smallest absolute Gasteiger partial charge is 0.321 e. The van der Waals surface area contributed by atoms with E-state index in [4.69, 9.17) is 16.7 Å². The summed E-state index contributed by atoms with van der Waals surface area (Å²) in [6.45, 7) is 1.19. The molecule has 108 valence electrons. The van der Waals surface area contributed by atoms with Gasteiger partial charge in [-0.3, -0.25) is 4.79 Å². The Labute approximate surface area is 122 Å². The molecule has 0 aromatic heterocycles. The first kappa shape index (κ1) is 14.7. The molecule has 2 rings (SSSR count). The van der Waals surface area contributed by atoms with Crippen LogP contribution in [0.4, 0.5) is 10.5 Å². The van der Waals surface area contributed by atoms with E-state index in [-0.39, 0.29) is 18.4 Å². The van der Waals surface area contributed by atoms with Gasteiger partial charge >= 0.3 is 12.0 Å². The topological polar surface area (TPSA) is 69.6 Å². The van der Waals surface area contributed by atoms with Crippen molar-refractivity contribution in [2.24, 2.45) is 5.92 Å². The van der Waals surface area contributed by atoms with Crippen LogP contribution in [0.25, 0.3) is 0 Å². The van der Waals surface area contributed by atoms with Crippen LogP contribution in [0.15, 0.2) is 24.3 Å². The number of hydrogen-bond donors (Lipinski definition) is 2. The van der Waals surface area contributed by atoms with Crippen molar-refractivity contribution in [1.29, 1.82) is 0 Å². The van der Waals surface area contributed by atoms with E-state index in [1.165, 1.54) is 0 Å². The molecule has 0 spiro atoms. The molecule has 0 atom stereocenters. The van der Waals surface area contributed by atoms with Gasteiger partial charge in [-0.1, -0.05) is 11.6 Å². The summed E-state index contributed by atoms with van der Waals surface area (Å²) >= 11 is 5.78. The van der Waals surface area contributed by atoms with E-state index in [0.29, 0.717) is 23.8 Å². The molecule has 0 bridgehead atoms. The first-order chi connectivity index (χ1) is 9.54. The highest BCUT2D eigenvalue weighted by molar-refractivity contribution is 6.30. The Kier molecular flexibility index (Phi) is 4.84. The number of likely N-dealkylation sites (tertiary alicyclic amines) is 1. The normalized spacial score (nSPS) is 15.9. The average molecular weight is 297 g/mol. The molecule has 1 aromatic carbocycles. The molecule has 1 aliphatic heterocycles. The summed E-state index contributed by atoms with van der Waals surface area (Å²) < 4.78 is 0. The van der Waals surface area contributed by atoms with Gasteiger partial charge < -0.3 is 15.3 Å². The Morgan fingerprint density at radius 1 is 1.25 bits per heavy atom. The van der Waals surface area contributed by atoms with E-state index in [1.54, 1.807) is 29.2 Å². The number of benzene rings is 1. The summed E-state index contributed by atoms with van der Waals surface area (Å²) in [5.41, 5.74) is 0.701. The number of anilines is 1. The minimum absolute atomic E-state index is 0.152. The fraction of sp³-hybridized carbons (Fsp3) is 0.429. The minimum atomic E-state index is -0.769. The Balaban J connectivity index is 1.82. The van der Waals surface area contributed by atoms with Gasteiger partial charge in [-0.15, -0.1) is 0 Å². The van der Waals surface area contributed by atoms with Crippen LogP contribution in [-0.2, 0) is 4.79 Å². The van der Waals surface area contributed by atoms with E-state index in [2.05, 4.69) is 5.32 Å². The summed E-state index contributed by atoms with van der Waals surface area (Å²) in [5.74, 6) is -0.596. The van der Waals surface area contributed by atoms with Crippen LogP contribution < -0.4 is 5.32 Å². The maximum absolute atomic E-state index is 12.0. The molecule has 2 amide bonds. The van der Waals surface area contributed by atoms with Crippen molar-refractivity contribution in [2.75, 3.05) is 18.4 Å². The number of urea groups is 1. The van der Waals surface area contributed by atoms with E-state index in [1.807, 2.05) is 0 Å². The Hall–Kier alpha value is -1.75. The number of carbonyl (C=O) groups excluding carboxylic acids is 1. The second-order valence-corrected chi connectivity index (χ2v) is 5.40. The van der Waals surface area contributed by atoms with Gasteiger partial charge in [0.25, 0.3) is 0 Å². The van der Waals surface area contributed by atoms with Crippen LogP contribution in [0, 0.1) is 5.92 Å². The molecule has 6 heteroatoms. The van der Waals surface area contributed by atoms with Gasteiger partial charge in [0, 0.05) is 30.2 Å². The first-order valence-corrected chi connectivity index (χ1v) is 6.95. The number of rotatable bonds is 3. The standard InChI is InChI=1S/C14H17ClN2O3/c15-11-1-3-12(4-2-11)16-14(20)17-7-5-10(6-8-17)9-13(18)19/h1-4,10H,5-9H2,(H,16,20)(H,18,19). The predicted molar refractivity (Wildman–Crippen MR) is 77.0 cm³/mol. The van der Waals surface area contributed by atoms with E-state index >= 15 is 0 Å². The maximum Gasteiger partial charge on any atom is 0.321 e. The lowest BCUT2D eigenvalue weighted by Gasteiger charge is -2.31. The van der Waals surface area contributed by atoms with Crippen LogP contribution in [-0.4, -0.2) is 35.1 Å². The molecule has 0 unspecified atom stereocenters. The molecule has 1 saturated heterocycles. The first-order valence-electron chi connectivity index (χ1n) is 6.58. The molecule has 1 heterocycles. The highest BCUT2D eigenvalue weighted by Gasteiger charge is 2.24. The molecule has 1 fully saturated rings. The zero-order valence-corrected chi connectivity index (χ0v) is 11.8. The molecular weight excluding hydrogens is 280 g/mol. The molecule has 2 N–H and O–H groups in total. The van der Waals surface area contributed by atoms with Gasteiger partial charge in [-0.25, -0.2) is 4.79 Å². The van der Waals surface area contributed by atoms with E-state index < -0.39 is 5.97 Å². The van der Waals surface area contributed by atoms with Crippen molar-refractivity contribution in [1.82, 2.24) is 4.90 Å². The molecule has 20 heavy (non-hydrogen) atoms. The number of halogens is 1. The molecular formula is C14H17ClN2O3. The molecule has 1 aliphatic rings. The van der Waals surface area contributed by atoms with Crippen LogP contribution in [0.5, 0.6) is 0 Å². The number of carboxylic acids is 1. The third-order valence-corrected chi connectivity index (χ3v) is 3.71. The van der Waals surface area contributed by atoms with Crippen molar-refractivity contribution in [3.8, 4) is 0 Å². The van der Waals surface area contributed by atoms with Crippen molar-refractivity contribution in [2.45, 2.75) is 19.3 Å². The third kappa shape index (κ3) is 4.13. The number of nitrogens with zero attached hydrogens (tertiary/aromatic N) is 1. The quantitative estimate of drug-likeness (QED) is 0.900. The number of amides is 2. The van der Waals surface area contributed by atoms with Gasteiger partial charge in [0.05, 0.1) is 0 Å². The zero-order chi connectivity index (χ0) is 14.5. The van der Waals surface area contributed by atoms with Crippen LogP contribution >= 0.6 is 11.6 Å². The van der Waals surface area contributed by atoms with E-state index in [9.17, 15) is 9.59 Å². The molecule has 5 nitrogen and oxygen atoms in total. The van der Waals surface area contributed by atoms with Gasteiger partial charge in [-0.2, -0.15) is 0 Å². The van der Waals surface area contributed by atoms with Crippen molar-refractivity contribution in [3.05, 3.63) is 29.3 Å². The largest absolute Gasteiger partial charge is 0.481 e. The van der Waals surface area contributed by atoms with Gasteiger partial charge in [-0.05, 0) is 43.0 Å². The van der Waals surface area contributed by atoms with Crippen LogP contribution in [0.2, 0.25) is 5.02 Å². The number of carboxylic acid groups (broad SMARTS) is 1. The van der Waals surface area contributed by atoms with E-state index in [0.717, 1.165) is 12.8 Å². The Morgan fingerprint density at radius 2 is 1.85 bits per heavy atom. The number of hydrogen-bond acceptors (Lipinski definition) is 2. The second kappa shape index (κ2) is 6.61. The highest BCUT2D eigenvalue weighted by atomic mass is 35.5. The summed E-state index contributed by atoms with van der Waals surface area (Å²) in [5, 5.41) is 12.2. The average Bonchev–Trinajstić information content (AvgIpc) is 2.41.